The maximum Gasteiger partial charge on any atom is 0.319 e. The van der Waals surface area contributed by atoms with Crippen LogP contribution in [0.5, 0.6) is 0 Å². The number of nitrogens with zero attached hydrogens (tertiary/aromatic N) is 1. The quantitative estimate of drug-likeness (QED) is 0.826. The van der Waals surface area contributed by atoms with Crippen LogP contribution in [-0.2, 0) is 0 Å². The third kappa shape index (κ3) is 4.56. The Morgan fingerprint density at radius 2 is 2.35 bits per heavy atom. The Morgan fingerprint density at radius 1 is 1.65 bits per heavy atom. The van der Waals surface area contributed by atoms with E-state index in [4.69, 9.17) is 5.26 Å². The largest absolute Gasteiger partial charge is 0.334 e. The number of nitriles is 1. The zero-order chi connectivity index (χ0) is 12.8. The van der Waals surface area contributed by atoms with Crippen LogP contribution in [0.3, 0.4) is 0 Å². The number of hydrogen-bond acceptors (Lipinski definition) is 2. The van der Waals surface area contributed by atoms with Crippen molar-refractivity contribution in [2.45, 2.75) is 19.4 Å². The second-order valence-electron chi connectivity index (χ2n) is 3.49. The Bertz CT molecular complexity index is 459. The Hall–Kier alpha value is -1.36. The number of carbonyl (C=O) groups excluding carboxylic acids is 1. The summed E-state index contributed by atoms with van der Waals surface area (Å²) in [7, 11) is 0. The van der Waals surface area contributed by atoms with Crippen molar-refractivity contribution in [2.24, 2.45) is 0 Å². The van der Waals surface area contributed by atoms with E-state index >= 15 is 0 Å². The first-order valence-corrected chi connectivity index (χ1v) is 6.00. The van der Waals surface area contributed by atoms with E-state index in [0.29, 0.717) is 9.26 Å². The minimum atomic E-state index is -0.405. The molecule has 4 nitrogen and oxygen atoms in total. The molecule has 0 spiro atoms. The molecule has 0 saturated heterocycles. The number of amides is 2. The standard InChI is InChI=1S/C11H11FIN3O/c1-7(4-5-14)15-11(17)16-10-3-2-8(12)6-9(10)13/h2-3,6-7H,4H2,1H3,(H2,15,16,17)/t7-/m1/s1. The van der Waals surface area contributed by atoms with Gasteiger partial charge >= 0.3 is 6.03 Å². The first-order valence-electron chi connectivity index (χ1n) is 4.92. The number of benzene rings is 1. The number of anilines is 1. The summed E-state index contributed by atoms with van der Waals surface area (Å²) in [6.45, 7) is 1.73. The molecule has 0 aliphatic heterocycles. The SMILES string of the molecule is C[C@H](CC#N)NC(=O)Nc1ccc(F)cc1I. The van der Waals surface area contributed by atoms with Gasteiger partial charge in [0, 0.05) is 9.61 Å². The lowest BCUT2D eigenvalue weighted by molar-refractivity contribution is 0.249. The van der Waals surface area contributed by atoms with Crippen molar-refractivity contribution in [1.82, 2.24) is 5.32 Å². The molecular formula is C11H11FIN3O. The van der Waals surface area contributed by atoms with Crippen LogP contribution in [0.15, 0.2) is 18.2 Å². The maximum absolute atomic E-state index is 12.8. The lowest BCUT2D eigenvalue weighted by Gasteiger charge is -2.12. The zero-order valence-electron chi connectivity index (χ0n) is 9.13. The number of halogens is 2. The third-order valence-electron chi connectivity index (χ3n) is 1.95. The van der Waals surface area contributed by atoms with Crippen LogP contribution in [0.4, 0.5) is 14.9 Å². The van der Waals surface area contributed by atoms with E-state index < -0.39 is 6.03 Å². The summed E-state index contributed by atoms with van der Waals surface area (Å²) < 4.78 is 13.4. The molecule has 6 heteroatoms. The number of carbonyl (C=O) groups is 1. The Balaban J connectivity index is 2.60. The molecule has 1 aromatic rings. The fourth-order valence-electron chi connectivity index (χ4n) is 1.16. The van der Waals surface area contributed by atoms with Crippen molar-refractivity contribution in [3.63, 3.8) is 0 Å². The average Bonchev–Trinajstić information content (AvgIpc) is 2.22. The van der Waals surface area contributed by atoms with Crippen LogP contribution in [0, 0.1) is 20.7 Å². The maximum atomic E-state index is 12.8. The molecule has 1 rings (SSSR count). The van der Waals surface area contributed by atoms with Crippen LogP contribution in [0.1, 0.15) is 13.3 Å². The van der Waals surface area contributed by atoms with Gasteiger partial charge in [0.15, 0.2) is 0 Å². The van der Waals surface area contributed by atoms with Crippen molar-refractivity contribution >= 4 is 34.3 Å². The van der Waals surface area contributed by atoms with Crippen molar-refractivity contribution in [1.29, 1.82) is 5.26 Å². The second kappa shape index (κ2) is 6.39. The molecule has 0 aliphatic carbocycles. The zero-order valence-corrected chi connectivity index (χ0v) is 11.3. The fraction of sp³-hybridized carbons (Fsp3) is 0.273. The van der Waals surface area contributed by atoms with Gasteiger partial charge in [-0.3, -0.25) is 0 Å². The molecule has 0 fully saturated rings. The molecule has 0 saturated carbocycles. The lowest BCUT2D eigenvalue weighted by Crippen LogP contribution is -2.36. The fourth-order valence-corrected chi connectivity index (χ4v) is 1.77. The average molecular weight is 347 g/mol. The number of rotatable bonds is 3. The van der Waals surface area contributed by atoms with E-state index in [0.717, 1.165) is 0 Å². The van der Waals surface area contributed by atoms with Gasteiger partial charge in [0.25, 0.3) is 0 Å². The van der Waals surface area contributed by atoms with Crippen LogP contribution < -0.4 is 10.6 Å². The van der Waals surface area contributed by atoms with Crippen molar-refractivity contribution < 1.29 is 9.18 Å². The van der Waals surface area contributed by atoms with Gasteiger partial charge in [-0.15, -0.1) is 0 Å². The van der Waals surface area contributed by atoms with E-state index in [9.17, 15) is 9.18 Å². The molecule has 0 unspecified atom stereocenters. The van der Waals surface area contributed by atoms with Gasteiger partial charge in [-0.1, -0.05) is 0 Å². The summed E-state index contributed by atoms with van der Waals surface area (Å²) in [5.74, 6) is -0.349. The van der Waals surface area contributed by atoms with E-state index in [-0.39, 0.29) is 18.3 Å². The van der Waals surface area contributed by atoms with Gasteiger partial charge in [-0.25, -0.2) is 9.18 Å². The summed E-state index contributed by atoms with van der Waals surface area (Å²) in [6.07, 6.45) is 0.244. The topological polar surface area (TPSA) is 64.9 Å². The third-order valence-corrected chi connectivity index (χ3v) is 2.85. The van der Waals surface area contributed by atoms with Crippen molar-refractivity contribution in [3.8, 4) is 6.07 Å². The lowest BCUT2D eigenvalue weighted by atomic mass is 10.2. The van der Waals surface area contributed by atoms with Crippen LogP contribution in [0.2, 0.25) is 0 Å². The highest BCUT2D eigenvalue weighted by molar-refractivity contribution is 14.1. The van der Waals surface area contributed by atoms with Gasteiger partial charge in [0.2, 0.25) is 0 Å². The van der Waals surface area contributed by atoms with Crippen LogP contribution >= 0.6 is 22.6 Å². The van der Waals surface area contributed by atoms with Crippen molar-refractivity contribution in [2.75, 3.05) is 5.32 Å². The van der Waals surface area contributed by atoms with Gasteiger partial charge in [0.1, 0.15) is 5.82 Å². The normalized spacial score (nSPS) is 11.4. The minimum Gasteiger partial charge on any atom is -0.334 e. The van der Waals surface area contributed by atoms with Crippen LogP contribution in [-0.4, -0.2) is 12.1 Å². The predicted octanol–water partition coefficient (Wildman–Crippen LogP) is 2.85. The van der Waals surface area contributed by atoms with Gasteiger partial charge < -0.3 is 10.6 Å². The summed E-state index contributed by atoms with van der Waals surface area (Å²) in [5.41, 5.74) is 0.536. The molecule has 17 heavy (non-hydrogen) atoms. The molecule has 1 aromatic carbocycles. The molecule has 0 aliphatic rings. The monoisotopic (exact) mass is 347 g/mol. The molecule has 0 heterocycles. The number of nitrogens with one attached hydrogen (secondary N) is 2. The van der Waals surface area contributed by atoms with Gasteiger partial charge in [0.05, 0.1) is 18.2 Å². The molecule has 90 valence electrons. The van der Waals surface area contributed by atoms with E-state index in [1.165, 1.54) is 18.2 Å². The molecule has 0 aromatic heterocycles. The molecule has 2 N–H and O–H groups in total. The number of hydrogen-bond donors (Lipinski definition) is 2. The van der Waals surface area contributed by atoms with E-state index in [1.807, 2.05) is 28.7 Å². The van der Waals surface area contributed by atoms with E-state index in [2.05, 4.69) is 10.6 Å². The number of urea groups is 1. The molecule has 1 atom stereocenters. The minimum absolute atomic E-state index is 0.224. The van der Waals surface area contributed by atoms with Crippen LogP contribution in [0.25, 0.3) is 0 Å². The highest BCUT2D eigenvalue weighted by Gasteiger charge is 2.08. The first kappa shape index (κ1) is 13.7. The summed E-state index contributed by atoms with van der Waals surface area (Å²) in [4.78, 5) is 11.5. The second-order valence-corrected chi connectivity index (χ2v) is 4.65. The predicted molar refractivity (Wildman–Crippen MR) is 71.0 cm³/mol. The van der Waals surface area contributed by atoms with Gasteiger partial charge in [-0.05, 0) is 47.7 Å². The Kier molecular flexibility index (Phi) is 5.15. The summed E-state index contributed by atoms with van der Waals surface area (Å²) >= 11 is 1.93. The smallest absolute Gasteiger partial charge is 0.319 e. The first-order chi connectivity index (χ1) is 8.02. The molecule has 0 bridgehead atoms. The highest BCUT2D eigenvalue weighted by Crippen LogP contribution is 2.18. The van der Waals surface area contributed by atoms with Gasteiger partial charge in [-0.2, -0.15) is 5.26 Å². The summed E-state index contributed by atoms with van der Waals surface area (Å²) in [6, 6.07) is 5.43. The Morgan fingerprint density at radius 3 is 2.94 bits per heavy atom. The summed E-state index contributed by atoms with van der Waals surface area (Å²) in [5, 5.41) is 13.6. The van der Waals surface area contributed by atoms with Crippen molar-refractivity contribution in [3.05, 3.63) is 27.6 Å². The molecule has 2 amide bonds. The highest BCUT2D eigenvalue weighted by atomic mass is 127. The molecular weight excluding hydrogens is 336 g/mol. The van der Waals surface area contributed by atoms with E-state index in [1.54, 1.807) is 6.92 Å². The Labute approximate surface area is 112 Å². The molecule has 0 radical (unpaired) electrons.